The highest BCUT2D eigenvalue weighted by molar-refractivity contribution is 5.57. The van der Waals surface area contributed by atoms with Crippen LogP contribution >= 0.6 is 0 Å². The molecule has 20 heavy (non-hydrogen) atoms. The first-order chi connectivity index (χ1) is 9.56. The number of aromatic nitrogens is 4. The van der Waals surface area contributed by atoms with Crippen molar-refractivity contribution in [2.24, 2.45) is 7.05 Å². The van der Waals surface area contributed by atoms with E-state index >= 15 is 0 Å². The summed E-state index contributed by atoms with van der Waals surface area (Å²) >= 11 is 0. The molecule has 2 aromatic heterocycles. The van der Waals surface area contributed by atoms with E-state index < -0.39 is 0 Å². The van der Waals surface area contributed by atoms with Crippen molar-refractivity contribution in [3.63, 3.8) is 0 Å². The number of nitrogens with one attached hydrogen (secondary N) is 1. The Morgan fingerprint density at radius 1 is 1.40 bits per heavy atom. The number of aromatic amines is 1. The summed E-state index contributed by atoms with van der Waals surface area (Å²) in [5.41, 5.74) is 1.71. The van der Waals surface area contributed by atoms with Gasteiger partial charge in [0.1, 0.15) is 5.82 Å². The smallest absolute Gasteiger partial charge is 0.258 e. The quantitative estimate of drug-likeness (QED) is 0.875. The summed E-state index contributed by atoms with van der Waals surface area (Å²) in [7, 11) is 1.81. The third kappa shape index (κ3) is 2.11. The van der Waals surface area contributed by atoms with Crippen molar-refractivity contribution in [1.82, 2.24) is 19.7 Å². The molecule has 2 N–H and O–H groups in total. The van der Waals surface area contributed by atoms with Gasteiger partial charge in [-0.15, -0.1) is 0 Å². The van der Waals surface area contributed by atoms with Crippen LogP contribution in [0.4, 0.5) is 0 Å². The van der Waals surface area contributed by atoms with Gasteiger partial charge in [0.05, 0.1) is 16.8 Å². The highest BCUT2D eigenvalue weighted by atomic mass is 16.3. The third-order valence-corrected chi connectivity index (χ3v) is 3.97. The molecule has 0 saturated heterocycles. The second kappa shape index (κ2) is 4.77. The predicted molar refractivity (Wildman–Crippen MR) is 74.7 cm³/mol. The Hall–Kier alpha value is -2.11. The molecule has 3 rings (SSSR count). The van der Waals surface area contributed by atoms with E-state index in [4.69, 9.17) is 0 Å². The first-order valence-corrected chi connectivity index (χ1v) is 6.90. The van der Waals surface area contributed by atoms with Crippen LogP contribution in [0.5, 0.6) is 5.88 Å². The highest BCUT2D eigenvalue weighted by Crippen LogP contribution is 2.36. The van der Waals surface area contributed by atoms with Crippen molar-refractivity contribution in [3.8, 4) is 17.3 Å². The molecule has 6 nitrogen and oxygen atoms in total. The van der Waals surface area contributed by atoms with E-state index in [2.05, 4.69) is 15.1 Å². The van der Waals surface area contributed by atoms with Crippen molar-refractivity contribution in [3.05, 3.63) is 27.8 Å². The fraction of sp³-hybridized carbons (Fsp3) is 0.500. The number of aryl methyl sites for hydroxylation is 2. The maximum absolute atomic E-state index is 12.3. The second-order valence-electron chi connectivity index (χ2n) is 5.44. The summed E-state index contributed by atoms with van der Waals surface area (Å²) in [6.07, 6.45) is 5.88. The minimum atomic E-state index is -0.234. The molecule has 0 aromatic carbocycles. The van der Waals surface area contributed by atoms with E-state index in [1.807, 2.05) is 6.92 Å². The number of hydrogen-bond acceptors (Lipinski definition) is 4. The minimum Gasteiger partial charge on any atom is -0.493 e. The number of hydrogen-bond donors (Lipinski definition) is 2. The topological polar surface area (TPSA) is 83.8 Å². The Bertz CT molecular complexity index is 696. The zero-order valence-electron chi connectivity index (χ0n) is 11.7. The molecule has 0 aliphatic heterocycles. The molecule has 0 radical (unpaired) electrons. The number of nitrogens with zero attached hydrogens (tertiary/aromatic N) is 3. The maximum atomic E-state index is 12.3. The lowest BCUT2D eigenvalue weighted by Crippen LogP contribution is -2.17. The Morgan fingerprint density at radius 3 is 2.65 bits per heavy atom. The minimum absolute atomic E-state index is 0.135. The lowest BCUT2D eigenvalue weighted by Gasteiger charge is -2.10. The van der Waals surface area contributed by atoms with E-state index in [1.165, 1.54) is 0 Å². The molecule has 106 valence electrons. The predicted octanol–water partition coefficient (Wildman–Crippen LogP) is 1.84. The Labute approximate surface area is 116 Å². The number of H-pyrrole nitrogens is 1. The summed E-state index contributed by atoms with van der Waals surface area (Å²) in [5.74, 6) is 0.369. The first-order valence-electron chi connectivity index (χ1n) is 6.90. The molecule has 1 aliphatic rings. The van der Waals surface area contributed by atoms with Gasteiger partial charge in [-0.05, 0) is 25.7 Å². The molecule has 1 saturated carbocycles. The summed E-state index contributed by atoms with van der Waals surface area (Å²) in [6.45, 7) is 1.84. The molecule has 0 amide bonds. The van der Waals surface area contributed by atoms with Crippen LogP contribution in [-0.4, -0.2) is 24.9 Å². The highest BCUT2D eigenvalue weighted by Gasteiger charge is 2.25. The van der Waals surface area contributed by atoms with Crippen LogP contribution in [0.25, 0.3) is 11.4 Å². The first kappa shape index (κ1) is 12.9. The van der Waals surface area contributed by atoms with Crippen molar-refractivity contribution in [2.75, 3.05) is 0 Å². The van der Waals surface area contributed by atoms with E-state index in [0.717, 1.165) is 36.9 Å². The fourth-order valence-electron chi connectivity index (χ4n) is 3.01. The summed E-state index contributed by atoms with van der Waals surface area (Å²) in [6, 6.07) is 0. The standard InChI is InChI=1S/C14H18N4O2/c1-8-10(7-18(2)17-8)12-15-13(19)11(14(20)16-12)9-5-3-4-6-9/h7,9H,3-6H2,1-2H3,(H2,15,16,19,20). The van der Waals surface area contributed by atoms with E-state index in [0.29, 0.717) is 11.4 Å². The van der Waals surface area contributed by atoms with Crippen LogP contribution in [-0.2, 0) is 7.05 Å². The van der Waals surface area contributed by atoms with Crippen molar-refractivity contribution in [1.29, 1.82) is 0 Å². The number of aromatic hydroxyl groups is 1. The molecule has 2 heterocycles. The van der Waals surface area contributed by atoms with Gasteiger partial charge in [0, 0.05) is 13.2 Å². The zero-order valence-corrected chi connectivity index (χ0v) is 11.7. The second-order valence-corrected chi connectivity index (χ2v) is 5.44. The van der Waals surface area contributed by atoms with Crippen LogP contribution in [0, 0.1) is 6.92 Å². The van der Waals surface area contributed by atoms with Gasteiger partial charge in [-0.2, -0.15) is 10.1 Å². The average Bonchev–Trinajstić information content (AvgIpc) is 2.98. The SMILES string of the molecule is Cc1nn(C)cc1-c1nc(O)c(C2CCCC2)c(=O)[nH]1. The molecule has 0 unspecified atom stereocenters. The molecule has 0 atom stereocenters. The van der Waals surface area contributed by atoms with Crippen LogP contribution in [0.2, 0.25) is 0 Å². The van der Waals surface area contributed by atoms with Gasteiger partial charge in [0.15, 0.2) is 0 Å². The summed E-state index contributed by atoms with van der Waals surface area (Å²) in [4.78, 5) is 19.2. The van der Waals surface area contributed by atoms with Gasteiger partial charge in [0.2, 0.25) is 5.88 Å². The monoisotopic (exact) mass is 274 g/mol. The zero-order chi connectivity index (χ0) is 14.3. The van der Waals surface area contributed by atoms with Crippen molar-refractivity contribution in [2.45, 2.75) is 38.5 Å². The van der Waals surface area contributed by atoms with Gasteiger partial charge in [0.25, 0.3) is 5.56 Å². The lowest BCUT2D eigenvalue weighted by molar-refractivity contribution is 0.436. The van der Waals surface area contributed by atoms with Crippen molar-refractivity contribution < 1.29 is 5.11 Å². The Balaban J connectivity index is 2.08. The molecular weight excluding hydrogens is 256 g/mol. The summed E-state index contributed by atoms with van der Waals surface area (Å²) in [5, 5.41) is 14.4. The van der Waals surface area contributed by atoms with Gasteiger partial charge in [-0.3, -0.25) is 9.48 Å². The van der Waals surface area contributed by atoms with Gasteiger partial charge in [-0.25, -0.2) is 0 Å². The van der Waals surface area contributed by atoms with Gasteiger partial charge >= 0.3 is 0 Å². The largest absolute Gasteiger partial charge is 0.493 e. The summed E-state index contributed by atoms with van der Waals surface area (Å²) < 4.78 is 1.66. The Morgan fingerprint density at radius 2 is 2.10 bits per heavy atom. The lowest BCUT2D eigenvalue weighted by atomic mass is 10.00. The van der Waals surface area contributed by atoms with Crippen LogP contribution in [0.3, 0.4) is 0 Å². The number of rotatable bonds is 2. The molecule has 1 fully saturated rings. The van der Waals surface area contributed by atoms with E-state index in [9.17, 15) is 9.90 Å². The van der Waals surface area contributed by atoms with Crippen LogP contribution in [0.1, 0.15) is 42.9 Å². The molecule has 0 bridgehead atoms. The van der Waals surface area contributed by atoms with Gasteiger partial charge < -0.3 is 10.1 Å². The van der Waals surface area contributed by atoms with E-state index in [1.54, 1.807) is 17.9 Å². The van der Waals surface area contributed by atoms with E-state index in [-0.39, 0.29) is 17.4 Å². The Kier molecular flexibility index (Phi) is 3.08. The molecule has 2 aromatic rings. The normalized spacial score (nSPS) is 15.9. The van der Waals surface area contributed by atoms with Gasteiger partial charge in [-0.1, -0.05) is 12.8 Å². The molecule has 0 spiro atoms. The average molecular weight is 274 g/mol. The molecule has 6 heteroatoms. The third-order valence-electron chi connectivity index (χ3n) is 3.97. The molecule has 1 aliphatic carbocycles. The van der Waals surface area contributed by atoms with Crippen molar-refractivity contribution >= 4 is 0 Å². The fourth-order valence-corrected chi connectivity index (χ4v) is 3.01. The van der Waals surface area contributed by atoms with Crippen LogP contribution in [0.15, 0.2) is 11.0 Å². The van der Waals surface area contributed by atoms with Crippen LogP contribution < -0.4 is 5.56 Å². The molecular formula is C14H18N4O2. The maximum Gasteiger partial charge on any atom is 0.258 e.